The van der Waals surface area contributed by atoms with Crippen molar-refractivity contribution < 1.29 is 4.79 Å². The Kier molecular flexibility index (Phi) is 4.83. The van der Waals surface area contributed by atoms with Gasteiger partial charge in [0.25, 0.3) is 5.56 Å². The van der Waals surface area contributed by atoms with Gasteiger partial charge in [-0.1, -0.05) is 30.3 Å². The van der Waals surface area contributed by atoms with Gasteiger partial charge in [-0.2, -0.15) is 5.10 Å². The third kappa shape index (κ3) is 3.39. The van der Waals surface area contributed by atoms with Gasteiger partial charge in [-0.15, -0.1) is 11.3 Å². The second-order valence-corrected chi connectivity index (χ2v) is 8.86. The Hall–Kier alpha value is -3.06. The minimum absolute atomic E-state index is 0.0529. The predicted molar refractivity (Wildman–Crippen MR) is 119 cm³/mol. The van der Waals surface area contributed by atoms with Crippen LogP contribution in [0.2, 0.25) is 0 Å². The van der Waals surface area contributed by atoms with Gasteiger partial charge in [0.2, 0.25) is 5.91 Å². The molecule has 1 saturated heterocycles. The molecule has 30 heavy (non-hydrogen) atoms. The van der Waals surface area contributed by atoms with E-state index in [-0.39, 0.29) is 23.8 Å². The second-order valence-electron chi connectivity index (χ2n) is 7.80. The molecule has 0 saturated carbocycles. The van der Waals surface area contributed by atoms with Crippen LogP contribution in [-0.4, -0.2) is 38.7 Å². The highest BCUT2D eigenvalue weighted by atomic mass is 32.1. The Balaban J connectivity index is 1.38. The summed E-state index contributed by atoms with van der Waals surface area (Å²) in [4.78, 5) is 32.2. The van der Waals surface area contributed by atoms with E-state index in [9.17, 15) is 9.59 Å². The molecule has 152 valence electrons. The molecule has 2 aromatic carbocycles. The Morgan fingerprint density at radius 1 is 1.13 bits per heavy atom. The van der Waals surface area contributed by atoms with Gasteiger partial charge in [0.15, 0.2) is 0 Å². The van der Waals surface area contributed by atoms with Crippen LogP contribution in [0.25, 0.3) is 21.0 Å². The van der Waals surface area contributed by atoms with Gasteiger partial charge in [0.1, 0.15) is 0 Å². The van der Waals surface area contributed by atoms with Gasteiger partial charge < -0.3 is 4.90 Å². The van der Waals surface area contributed by atoms with E-state index in [0.717, 1.165) is 35.3 Å². The van der Waals surface area contributed by atoms with Crippen molar-refractivity contribution in [3.63, 3.8) is 0 Å². The first kappa shape index (κ1) is 18.9. The van der Waals surface area contributed by atoms with E-state index in [1.54, 1.807) is 24.5 Å². The first-order chi connectivity index (χ1) is 14.6. The molecule has 1 aliphatic rings. The number of carbonyl (C=O) groups is 1. The molecule has 3 heterocycles. The van der Waals surface area contributed by atoms with Crippen LogP contribution < -0.4 is 5.56 Å². The van der Waals surface area contributed by atoms with Crippen LogP contribution in [0.1, 0.15) is 29.5 Å². The SMILES string of the molecule is Cn1nc(CC(=O)N2CCCC(c3nc4ccccc4s3)C2)c2ccccc2c1=O. The van der Waals surface area contributed by atoms with Gasteiger partial charge in [-0.3, -0.25) is 9.59 Å². The number of aromatic nitrogens is 3. The standard InChI is InChI=1S/C23H22N4O2S/c1-26-23(29)17-9-3-2-8-16(17)19(25-26)13-21(28)27-12-6-7-15(14-27)22-24-18-10-4-5-11-20(18)30-22/h2-5,8-11,15H,6-7,12-14H2,1H3. The molecule has 6 nitrogen and oxygen atoms in total. The van der Waals surface area contributed by atoms with Gasteiger partial charge in [0, 0.05) is 31.4 Å². The number of piperidine rings is 1. The van der Waals surface area contributed by atoms with E-state index in [1.165, 1.54) is 9.38 Å². The topological polar surface area (TPSA) is 68.1 Å². The van der Waals surface area contributed by atoms with Gasteiger partial charge in [0.05, 0.1) is 32.7 Å². The van der Waals surface area contributed by atoms with Crippen molar-refractivity contribution in [2.45, 2.75) is 25.2 Å². The maximum atomic E-state index is 13.1. The molecule has 1 atom stereocenters. The van der Waals surface area contributed by atoms with Gasteiger partial charge >= 0.3 is 0 Å². The number of hydrogen-bond donors (Lipinski definition) is 0. The lowest BCUT2D eigenvalue weighted by atomic mass is 9.98. The zero-order valence-electron chi connectivity index (χ0n) is 16.7. The van der Waals surface area contributed by atoms with Crippen LogP contribution in [0, 0.1) is 0 Å². The molecule has 2 aromatic heterocycles. The Morgan fingerprint density at radius 2 is 1.90 bits per heavy atom. The minimum atomic E-state index is -0.143. The fourth-order valence-electron chi connectivity index (χ4n) is 4.23. The van der Waals surface area contributed by atoms with Crippen molar-refractivity contribution in [3.05, 3.63) is 69.6 Å². The number of rotatable bonds is 3. The van der Waals surface area contributed by atoms with Crippen molar-refractivity contribution in [2.24, 2.45) is 7.05 Å². The van der Waals surface area contributed by atoms with E-state index in [4.69, 9.17) is 4.98 Å². The number of benzene rings is 2. The third-order valence-corrected chi connectivity index (χ3v) is 6.98. The number of para-hydroxylation sites is 1. The highest BCUT2D eigenvalue weighted by molar-refractivity contribution is 7.18. The number of likely N-dealkylation sites (tertiary alicyclic amines) is 1. The largest absolute Gasteiger partial charge is 0.342 e. The quantitative estimate of drug-likeness (QED) is 0.511. The molecule has 5 rings (SSSR count). The summed E-state index contributed by atoms with van der Waals surface area (Å²) in [6.45, 7) is 1.44. The molecule has 7 heteroatoms. The van der Waals surface area contributed by atoms with E-state index in [1.807, 2.05) is 41.3 Å². The number of fused-ring (bicyclic) bond motifs is 2. The zero-order valence-corrected chi connectivity index (χ0v) is 17.6. The smallest absolute Gasteiger partial charge is 0.274 e. The first-order valence-corrected chi connectivity index (χ1v) is 11.0. The number of aryl methyl sites for hydroxylation is 1. The normalized spacial score (nSPS) is 17.0. The molecule has 0 aliphatic carbocycles. The number of nitrogens with zero attached hydrogens (tertiary/aromatic N) is 4. The summed E-state index contributed by atoms with van der Waals surface area (Å²) in [5, 5.41) is 6.86. The van der Waals surface area contributed by atoms with Crippen molar-refractivity contribution in [1.29, 1.82) is 0 Å². The van der Waals surface area contributed by atoms with Gasteiger partial charge in [-0.05, 0) is 31.0 Å². The zero-order chi connectivity index (χ0) is 20.7. The lowest BCUT2D eigenvalue weighted by molar-refractivity contribution is -0.131. The van der Waals surface area contributed by atoms with E-state index < -0.39 is 0 Å². The van der Waals surface area contributed by atoms with Gasteiger partial charge in [-0.25, -0.2) is 9.67 Å². The number of carbonyl (C=O) groups excluding carboxylic acids is 1. The molecule has 1 amide bonds. The maximum absolute atomic E-state index is 13.1. The first-order valence-electron chi connectivity index (χ1n) is 10.2. The monoisotopic (exact) mass is 418 g/mol. The summed E-state index contributed by atoms with van der Waals surface area (Å²) >= 11 is 1.73. The van der Waals surface area contributed by atoms with E-state index >= 15 is 0 Å². The van der Waals surface area contributed by atoms with E-state index in [0.29, 0.717) is 17.6 Å². The molecule has 0 N–H and O–H groups in total. The molecule has 1 unspecified atom stereocenters. The molecule has 1 fully saturated rings. The average Bonchev–Trinajstić information content (AvgIpc) is 3.22. The van der Waals surface area contributed by atoms with Crippen LogP contribution in [0.15, 0.2) is 53.3 Å². The lowest BCUT2D eigenvalue weighted by Gasteiger charge is -2.32. The molecular weight excluding hydrogens is 396 g/mol. The highest BCUT2D eigenvalue weighted by Crippen LogP contribution is 2.33. The number of thiazole rings is 1. The van der Waals surface area contributed by atoms with Crippen LogP contribution >= 0.6 is 11.3 Å². The van der Waals surface area contributed by atoms with Crippen LogP contribution in [0.5, 0.6) is 0 Å². The summed E-state index contributed by atoms with van der Waals surface area (Å²) < 4.78 is 2.52. The fourth-order valence-corrected chi connectivity index (χ4v) is 5.32. The number of hydrogen-bond acceptors (Lipinski definition) is 5. The van der Waals surface area contributed by atoms with Crippen molar-refractivity contribution in [1.82, 2.24) is 19.7 Å². The maximum Gasteiger partial charge on any atom is 0.274 e. The van der Waals surface area contributed by atoms with Crippen LogP contribution in [0.4, 0.5) is 0 Å². The summed E-state index contributed by atoms with van der Waals surface area (Å²) in [5.41, 5.74) is 1.54. The third-order valence-electron chi connectivity index (χ3n) is 5.79. The van der Waals surface area contributed by atoms with Crippen LogP contribution in [-0.2, 0) is 18.3 Å². The predicted octanol–water partition coefficient (Wildman–Crippen LogP) is 3.49. The molecule has 0 radical (unpaired) electrons. The second kappa shape index (κ2) is 7.65. The van der Waals surface area contributed by atoms with Crippen molar-refractivity contribution >= 4 is 38.2 Å². The van der Waals surface area contributed by atoms with Crippen molar-refractivity contribution in [3.8, 4) is 0 Å². The Bertz CT molecular complexity index is 1280. The fraction of sp³-hybridized carbons (Fsp3) is 0.304. The minimum Gasteiger partial charge on any atom is -0.342 e. The Labute approximate surface area is 177 Å². The number of amides is 1. The summed E-state index contributed by atoms with van der Waals surface area (Å²) in [5.74, 6) is 0.321. The molecular formula is C23H22N4O2S. The summed E-state index contributed by atoms with van der Waals surface area (Å²) in [6, 6.07) is 15.5. The summed E-state index contributed by atoms with van der Waals surface area (Å²) in [6.07, 6.45) is 2.21. The van der Waals surface area contributed by atoms with E-state index in [2.05, 4.69) is 11.2 Å². The Morgan fingerprint density at radius 3 is 2.73 bits per heavy atom. The van der Waals surface area contributed by atoms with Crippen LogP contribution in [0.3, 0.4) is 0 Å². The summed E-state index contributed by atoms with van der Waals surface area (Å²) in [7, 11) is 1.63. The highest BCUT2D eigenvalue weighted by Gasteiger charge is 2.27. The average molecular weight is 419 g/mol. The molecule has 1 aliphatic heterocycles. The molecule has 0 bridgehead atoms. The molecule has 0 spiro atoms. The lowest BCUT2D eigenvalue weighted by Crippen LogP contribution is -2.40. The van der Waals surface area contributed by atoms with Crippen molar-refractivity contribution in [2.75, 3.05) is 13.1 Å². The molecule has 4 aromatic rings.